The predicted molar refractivity (Wildman–Crippen MR) is 135 cm³/mol. The summed E-state index contributed by atoms with van der Waals surface area (Å²) in [6.45, 7) is 0. The summed E-state index contributed by atoms with van der Waals surface area (Å²) >= 11 is 5.56. The summed E-state index contributed by atoms with van der Waals surface area (Å²) in [6, 6.07) is 14.0. The summed E-state index contributed by atoms with van der Waals surface area (Å²) < 4.78 is 1.40. The summed E-state index contributed by atoms with van der Waals surface area (Å²) in [5, 5.41) is 16.4. The maximum Gasteiger partial charge on any atom is 0.279 e. The van der Waals surface area contributed by atoms with Crippen molar-refractivity contribution >= 4 is 23.0 Å². The van der Waals surface area contributed by atoms with Crippen molar-refractivity contribution in [2.75, 3.05) is 11.5 Å². The molecule has 2 saturated carbocycles. The van der Waals surface area contributed by atoms with E-state index in [2.05, 4.69) is 25.4 Å². The SMILES string of the molecule is Clc1ccc(C2CC2)nn1.Nc1ccc[nH]c1=O.Nc1cccn(-c2ccc(C3CC3)nn2)c1=O. The number of aromatic amines is 1. The Morgan fingerprint density at radius 1 is 0.800 bits per heavy atom. The van der Waals surface area contributed by atoms with Gasteiger partial charge in [-0.05, 0) is 74.2 Å². The van der Waals surface area contributed by atoms with E-state index in [0.29, 0.717) is 22.8 Å². The smallest absolute Gasteiger partial charge is 0.279 e. The first-order chi connectivity index (χ1) is 16.9. The van der Waals surface area contributed by atoms with Crippen LogP contribution in [0, 0.1) is 0 Å². The van der Waals surface area contributed by atoms with Crippen molar-refractivity contribution in [2.24, 2.45) is 0 Å². The molecule has 2 aliphatic carbocycles. The number of aromatic nitrogens is 6. The molecule has 35 heavy (non-hydrogen) atoms. The number of nitrogens with zero attached hydrogens (tertiary/aromatic N) is 5. The molecule has 0 amide bonds. The molecule has 0 bridgehead atoms. The highest BCUT2D eigenvalue weighted by atomic mass is 35.5. The van der Waals surface area contributed by atoms with Gasteiger partial charge in [0.2, 0.25) is 0 Å². The number of nitrogen functional groups attached to an aromatic ring is 2. The van der Waals surface area contributed by atoms with Crippen molar-refractivity contribution in [1.29, 1.82) is 0 Å². The van der Waals surface area contributed by atoms with E-state index in [1.165, 1.54) is 30.3 Å². The van der Waals surface area contributed by atoms with Gasteiger partial charge >= 0.3 is 0 Å². The molecule has 180 valence electrons. The molecular weight excluding hydrogens is 468 g/mol. The Kier molecular flexibility index (Phi) is 7.51. The zero-order chi connectivity index (χ0) is 24.8. The molecule has 2 aliphatic rings. The molecule has 11 heteroatoms. The Balaban J connectivity index is 0.000000136. The lowest BCUT2D eigenvalue weighted by molar-refractivity contribution is 0.843. The summed E-state index contributed by atoms with van der Waals surface area (Å²) in [5.74, 6) is 1.74. The highest BCUT2D eigenvalue weighted by Gasteiger charge is 2.25. The van der Waals surface area contributed by atoms with Crippen LogP contribution in [-0.2, 0) is 0 Å². The van der Waals surface area contributed by atoms with Gasteiger partial charge in [-0.15, -0.1) is 10.2 Å². The third-order valence-electron chi connectivity index (χ3n) is 5.39. The Bertz CT molecular complexity index is 1380. The minimum Gasteiger partial charge on any atom is -0.394 e. The number of pyridine rings is 2. The average Bonchev–Trinajstić information content (AvgIpc) is 3.78. The van der Waals surface area contributed by atoms with Gasteiger partial charge in [0.05, 0.1) is 22.8 Å². The molecule has 0 aliphatic heterocycles. The Hall–Kier alpha value is -4.05. The second kappa shape index (κ2) is 10.9. The van der Waals surface area contributed by atoms with Crippen LogP contribution in [0.15, 0.2) is 70.5 Å². The molecule has 0 spiro atoms. The van der Waals surface area contributed by atoms with Gasteiger partial charge in [-0.3, -0.25) is 14.2 Å². The molecule has 0 atom stereocenters. The maximum atomic E-state index is 11.8. The molecule has 4 aromatic rings. The molecule has 2 fully saturated rings. The van der Waals surface area contributed by atoms with Gasteiger partial charge in [-0.2, -0.15) is 10.2 Å². The fourth-order valence-corrected chi connectivity index (χ4v) is 3.21. The fourth-order valence-electron chi connectivity index (χ4n) is 3.11. The van der Waals surface area contributed by atoms with E-state index < -0.39 is 0 Å². The molecule has 0 radical (unpaired) electrons. The summed E-state index contributed by atoms with van der Waals surface area (Å²) in [5.41, 5.74) is 12.8. The van der Waals surface area contributed by atoms with Crippen molar-refractivity contribution in [3.8, 4) is 5.82 Å². The summed E-state index contributed by atoms with van der Waals surface area (Å²) in [4.78, 5) is 24.6. The van der Waals surface area contributed by atoms with Crippen molar-refractivity contribution in [2.45, 2.75) is 37.5 Å². The number of rotatable bonds is 3. The van der Waals surface area contributed by atoms with Crippen LogP contribution in [0.4, 0.5) is 11.4 Å². The zero-order valence-electron chi connectivity index (χ0n) is 18.8. The van der Waals surface area contributed by atoms with E-state index in [1.54, 1.807) is 42.7 Å². The van der Waals surface area contributed by atoms with E-state index in [1.807, 2.05) is 18.2 Å². The largest absolute Gasteiger partial charge is 0.394 e. The molecule has 5 N–H and O–H groups in total. The average molecular weight is 493 g/mol. The van der Waals surface area contributed by atoms with E-state index in [4.69, 9.17) is 23.1 Å². The second-order valence-corrected chi connectivity index (χ2v) is 8.63. The molecule has 6 rings (SSSR count). The van der Waals surface area contributed by atoms with Crippen LogP contribution in [-0.4, -0.2) is 29.9 Å². The fraction of sp³-hybridized carbons (Fsp3) is 0.250. The van der Waals surface area contributed by atoms with Crippen LogP contribution >= 0.6 is 11.6 Å². The maximum absolute atomic E-state index is 11.8. The molecular formula is C24H25ClN8O2. The van der Waals surface area contributed by atoms with Gasteiger partial charge in [-0.25, -0.2) is 0 Å². The molecule has 4 aromatic heterocycles. The van der Waals surface area contributed by atoms with Crippen LogP contribution in [0.2, 0.25) is 5.15 Å². The zero-order valence-corrected chi connectivity index (χ0v) is 19.6. The minimum absolute atomic E-state index is 0.209. The van der Waals surface area contributed by atoms with Gasteiger partial charge in [0.25, 0.3) is 11.1 Å². The quantitative estimate of drug-likeness (QED) is 0.393. The normalized spacial score (nSPS) is 14.2. The molecule has 10 nitrogen and oxygen atoms in total. The first-order valence-electron chi connectivity index (χ1n) is 11.2. The van der Waals surface area contributed by atoms with Crippen LogP contribution < -0.4 is 22.6 Å². The number of hydrogen-bond donors (Lipinski definition) is 3. The number of anilines is 2. The lowest BCUT2D eigenvalue weighted by atomic mass is 10.3. The van der Waals surface area contributed by atoms with Crippen LogP contribution in [0.5, 0.6) is 0 Å². The summed E-state index contributed by atoms with van der Waals surface area (Å²) in [7, 11) is 0. The number of hydrogen-bond acceptors (Lipinski definition) is 8. The van der Waals surface area contributed by atoms with Gasteiger partial charge < -0.3 is 16.5 Å². The Labute approximate surface area is 206 Å². The lowest BCUT2D eigenvalue weighted by Crippen LogP contribution is -2.21. The minimum atomic E-state index is -0.263. The lowest BCUT2D eigenvalue weighted by Gasteiger charge is -2.04. The first-order valence-corrected chi connectivity index (χ1v) is 11.5. The van der Waals surface area contributed by atoms with Crippen LogP contribution in [0.25, 0.3) is 5.82 Å². The van der Waals surface area contributed by atoms with Crippen molar-refractivity contribution < 1.29 is 0 Å². The molecule has 0 saturated heterocycles. The highest BCUT2D eigenvalue weighted by molar-refractivity contribution is 6.29. The van der Waals surface area contributed by atoms with Crippen LogP contribution in [0.1, 0.15) is 48.9 Å². The van der Waals surface area contributed by atoms with E-state index in [9.17, 15) is 9.59 Å². The van der Waals surface area contributed by atoms with Crippen molar-refractivity contribution in [1.82, 2.24) is 29.9 Å². The first kappa shape index (κ1) is 24.1. The van der Waals surface area contributed by atoms with Crippen molar-refractivity contribution in [3.63, 3.8) is 0 Å². The summed E-state index contributed by atoms with van der Waals surface area (Å²) in [6.07, 6.45) is 8.07. The van der Waals surface area contributed by atoms with E-state index in [-0.39, 0.29) is 22.5 Å². The number of nitrogens with one attached hydrogen (secondary N) is 1. The second-order valence-electron chi connectivity index (χ2n) is 8.24. The monoisotopic (exact) mass is 492 g/mol. The molecule has 0 unspecified atom stereocenters. The van der Waals surface area contributed by atoms with E-state index in [0.717, 1.165) is 11.4 Å². The topological polar surface area (TPSA) is 158 Å². The Morgan fingerprint density at radius 2 is 1.43 bits per heavy atom. The third kappa shape index (κ3) is 6.73. The number of nitrogens with two attached hydrogens (primary N) is 2. The van der Waals surface area contributed by atoms with Gasteiger partial charge in [-0.1, -0.05) is 11.6 Å². The number of H-pyrrole nitrogens is 1. The Morgan fingerprint density at radius 3 is 1.91 bits per heavy atom. The highest BCUT2D eigenvalue weighted by Crippen LogP contribution is 2.39. The van der Waals surface area contributed by atoms with Crippen LogP contribution in [0.3, 0.4) is 0 Å². The third-order valence-corrected chi connectivity index (χ3v) is 5.59. The van der Waals surface area contributed by atoms with E-state index >= 15 is 0 Å². The van der Waals surface area contributed by atoms with Gasteiger partial charge in [0.15, 0.2) is 11.0 Å². The molecule has 4 heterocycles. The van der Waals surface area contributed by atoms with Crippen molar-refractivity contribution in [3.05, 3.63) is 98.2 Å². The molecule has 0 aromatic carbocycles. The predicted octanol–water partition coefficient (Wildman–Crippen LogP) is 3.05. The van der Waals surface area contributed by atoms with Gasteiger partial charge in [0.1, 0.15) is 0 Å². The number of halogens is 1. The standard InChI is InChI=1S/C12H12N4O.C7H7ClN2.C5H6N2O/c13-9-2-1-7-16(12(9)17)11-6-5-10(14-15-11)8-3-4-8;8-7-4-3-6(9-10-7)5-1-2-5;6-4-2-1-3-7-5(4)8/h1-2,5-8H,3-4,13H2;3-5H,1-2H2;1-3H,6H2,(H,7,8). The van der Waals surface area contributed by atoms with Gasteiger partial charge in [0, 0.05) is 24.2 Å².